The van der Waals surface area contributed by atoms with Crippen LogP contribution < -0.4 is 9.47 Å². The van der Waals surface area contributed by atoms with Gasteiger partial charge in [-0.15, -0.1) is 0 Å². The Balaban J connectivity index is 1.69. The zero-order valence-corrected chi connectivity index (χ0v) is 16.8. The predicted octanol–water partition coefficient (Wildman–Crippen LogP) is 3.33. The summed E-state index contributed by atoms with van der Waals surface area (Å²) in [6.45, 7) is 7.06. The number of rotatable bonds is 6. The van der Waals surface area contributed by atoms with Crippen LogP contribution in [0.3, 0.4) is 0 Å². The predicted molar refractivity (Wildman–Crippen MR) is 104 cm³/mol. The molecule has 0 unspecified atom stereocenters. The lowest BCUT2D eigenvalue weighted by Gasteiger charge is -2.31. The molecule has 0 saturated carbocycles. The molecule has 0 spiro atoms. The quantitative estimate of drug-likeness (QED) is 0.757. The maximum absolute atomic E-state index is 13.0. The molecule has 1 saturated heterocycles. The summed E-state index contributed by atoms with van der Waals surface area (Å²) in [5, 5.41) is -0.0132. The summed E-state index contributed by atoms with van der Waals surface area (Å²) in [5.74, 6) is 1.17. The molecular weight excluding hydrogens is 364 g/mol. The molecule has 2 aromatic rings. The maximum Gasteiger partial charge on any atom is 0.264 e. The minimum atomic E-state index is -3.68. The van der Waals surface area contributed by atoms with E-state index in [4.69, 9.17) is 9.47 Å². The van der Waals surface area contributed by atoms with Gasteiger partial charge < -0.3 is 9.47 Å². The fourth-order valence-electron chi connectivity index (χ4n) is 3.16. The van der Waals surface area contributed by atoms with Crippen molar-refractivity contribution in [1.82, 2.24) is 9.29 Å². The second-order valence-electron chi connectivity index (χ2n) is 6.73. The van der Waals surface area contributed by atoms with E-state index < -0.39 is 10.0 Å². The zero-order valence-electron chi connectivity index (χ0n) is 16.0. The van der Waals surface area contributed by atoms with Gasteiger partial charge in [-0.25, -0.2) is 13.4 Å². The number of hydrogen-bond donors (Lipinski definition) is 0. The van der Waals surface area contributed by atoms with E-state index in [1.807, 2.05) is 32.9 Å². The molecule has 0 atom stereocenters. The Morgan fingerprint density at radius 3 is 2.59 bits per heavy atom. The highest BCUT2D eigenvalue weighted by molar-refractivity contribution is 7.89. The van der Waals surface area contributed by atoms with Crippen LogP contribution in [-0.4, -0.2) is 43.5 Å². The zero-order chi connectivity index (χ0) is 19.4. The first-order valence-corrected chi connectivity index (χ1v) is 10.7. The lowest BCUT2D eigenvalue weighted by molar-refractivity contribution is 0.134. The van der Waals surface area contributed by atoms with Crippen LogP contribution in [-0.2, 0) is 10.0 Å². The van der Waals surface area contributed by atoms with Crippen LogP contribution in [0.4, 0.5) is 0 Å². The van der Waals surface area contributed by atoms with Crippen molar-refractivity contribution < 1.29 is 17.9 Å². The van der Waals surface area contributed by atoms with Crippen LogP contribution in [0.5, 0.6) is 11.5 Å². The molecule has 0 radical (unpaired) electrons. The molecule has 0 bridgehead atoms. The van der Waals surface area contributed by atoms with Gasteiger partial charge in [-0.05, 0) is 62.9 Å². The molecule has 6 nitrogen and oxygen atoms in total. The number of ether oxygens (including phenoxy) is 2. The molecule has 0 amide bonds. The molecule has 1 fully saturated rings. The van der Waals surface area contributed by atoms with E-state index in [1.54, 1.807) is 12.1 Å². The number of piperidine rings is 1. The molecule has 27 heavy (non-hydrogen) atoms. The van der Waals surface area contributed by atoms with Gasteiger partial charge in [0, 0.05) is 19.3 Å². The summed E-state index contributed by atoms with van der Waals surface area (Å²) in [5.41, 5.74) is 2.24. The number of aryl methyl sites for hydroxylation is 2. The van der Waals surface area contributed by atoms with E-state index in [2.05, 4.69) is 11.1 Å². The van der Waals surface area contributed by atoms with Crippen LogP contribution in [0.2, 0.25) is 0 Å². The van der Waals surface area contributed by atoms with Crippen molar-refractivity contribution in [2.45, 2.75) is 44.7 Å². The van der Waals surface area contributed by atoms with Crippen molar-refractivity contribution in [3.8, 4) is 11.5 Å². The summed E-state index contributed by atoms with van der Waals surface area (Å²) in [7, 11) is -3.68. The molecule has 1 aromatic heterocycles. The van der Waals surface area contributed by atoms with Crippen LogP contribution in [0.15, 0.2) is 41.6 Å². The second kappa shape index (κ2) is 8.27. The van der Waals surface area contributed by atoms with Crippen molar-refractivity contribution in [1.29, 1.82) is 0 Å². The number of aromatic nitrogens is 1. The minimum Gasteiger partial charge on any atom is -0.491 e. The fourth-order valence-corrected chi connectivity index (χ4v) is 4.67. The third kappa shape index (κ3) is 4.42. The van der Waals surface area contributed by atoms with Crippen LogP contribution >= 0.6 is 0 Å². The third-order valence-corrected chi connectivity index (χ3v) is 6.50. The Kier molecular flexibility index (Phi) is 6.01. The van der Waals surface area contributed by atoms with Gasteiger partial charge in [0.15, 0.2) is 5.75 Å². The summed E-state index contributed by atoms with van der Waals surface area (Å²) >= 11 is 0. The van der Waals surface area contributed by atoms with E-state index >= 15 is 0 Å². The first-order chi connectivity index (χ1) is 12.9. The van der Waals surface area contributed by atoms with Crippen molar-refractivity contribution >= 4 is 10.0 Å². The van der Waals surface area contributed by atoms with Crippen molar-refractivity contribution in [3.05, 3.63) is 47.7 Å². The minimum absolute atomic E-state index is 0.00652. The summed E-state index contributed by atoms with van der Waals surface area (Å²) in [4.78, 5) is 4.07. The van der Waals surface area contributed by atoms with Crippen LogP contribution in [0, 0.1) is 13.8 Å². The van der Waals surface area contributed by atoms with Crippen molar-refractivity contribution in [3.63, 3.8) is 0 Å². The van der Waals surface area contributed by atoms with Crippen molar-refractivity contribution in [2.24, 2.45) is 0 Å². The topological polar surface area (TPSA) is 68.7 Å². The molecular formula is C20H26N2O4S. The molecule has 0 N–H and O–H groups in total. The first-order valence-electron chi connectivity index (χ1n) is 9.23. The molecule has 3 rings (SSSR count). The molecule has 1 aliphatic heterocycles. The third-order valence-electron chi connectivity index (χ3n) is 4.66. The van der Waals surface area contributed by atoms with Gasteiger partial charge in [-0.3, -0.25) is 0 Å². The van der Waals surface area contributed by atoms with Crippen LogP contribution in [0.1, 0.15) is 30.9 Å². The first kappa shape index (κ1) is 19.6. The highest BCUT2D eigenvalue weighted by atomic mass is 32.2. The summed E-state index contributed by atoms with van der Waals surface area (Å²) in [6.07, 6.45) is 2.77. The molecule has 0 aliphatic carbocycles. The van der Waals surface area contributed by atoms with Gasteiger partial charge in [0.2, 0.25) is 5.03 Å². The number of nitrogens with zero attached hydrogens (tertiary/aromatic N) is 2. The second-order valence-corrected chi connectivity index (χ2v) is 8.58. The molecule has 1 aliphatic rings. The van der Waals surface area contributed by atoms with Gasteiger partial charge in [-0.2, -0.15) is 4.31 Å². The molecule has 146 valence electrons. The largest absolute Gasteiger partial charge is 0.491 e. The number of hydrogen-bond acceptors (Lipinski definition) is 5. The van der Waals surface area contributed by atoms with Gasteiger partial charge >= 0.3 is 0 Å². The summed E-state index contributed by atoms with van der Waals surface area (Å²) in [6, 6.07) is 9.44. The van der Waals surface area contributed by atoms with Gasteiger partial charge in [-0.1, -0.05) is 12.1 Å². The highest BCUT2D eigenvalue weighted by Gasteiger charge is 2.33. The number of pyridine rings is 1. The number of sulfonamides is 1. The van der Waals surface area contributed by atoms with Gasteiger partial charge in [0.05, 0.1) is 6.61 Å². The normalized spacial score (nSPS) is 16.3. The Labute approximate surface area is 161 Å². The smallest absolute Gasteiger partial charge is 0.264 e. The van der Waals surface area contributed by atoms with Gasteiger partial charge in [0.1, 0.15) is 11.9 Å². The average Bonchev–Trinajstić information content (AvgIpc) is 2.66. The Hall–Kier alpha value is -2.12. The van der Waals surface area contributed by atoms with Crippen molar-refractivity contribution in [2.75, 3.05) is 19.7 Å². The lowest BCUT2D eigenvalue weighted by Crippen LogP contribution is -2.42. The Morgan fingerprint density at radius 2 is 1.89 bits per heavy atom. The standard InChI is InChI=1S/C20H26N2O4S/c1-4-25-18-6-5-11-21-20(18)27(23,24)22-12-9-17(10-13-22)26-19-14-15(2)7-8-16(19)3/h5-8,11,14,17H,4,9-10,12-13H2,1-3H3. The number of benzene rings is 1. The van der Waals surface area contributed by atoms with Crippen LogP contribution in [0.25, 0.3) is 0 Å². The average molecular weight is 391 g/mol. The highest BCUT2D eigenvalue weighted by Crippen LogP contribution is 2.28. The molecule has 7 heteroatoms. The molecule has 2 heterocycles. The van der Waals surface area contributed by atoms with E-state index in [1.165, 1.54) is 10.5 Å². The van der Waals surface area contributed by atoms with Gasteiger partial charge in [0.25, 0.3) is 10.0 Å². The van der Waals surface area contributed by atoms with E-state index in [9.17, 15) is 8.42 Å². The lowest BCUT2D eigenvalue weighted by atomic mass is 10.1. The Bertz CT molecular complexity index is 891. The Morgan fingerprint density at radius 1 is 1.15 bits per heavy atom. The van der Waals surface area contributed by atoms with E-state index in [0.717, 1.165) is 16.9 Å². The monoisotopic (exact) mass is 390 g/mol. The van der Waals surface area contributed by atoms with E-state index in [-0.39, 0.29) is 11.1 Å². The fraction of sp³-hybridized carbons (Fsp3) is 0.450. The van der Waals surface area contributed by atoms with E-state index in [0.29, 0.717) is 38.3 Å². The maximum atomic E-state index is 13.0. The summed E-state index contributed by atoms with van der Waals surface area (Å²) < 4.78 is 39.0. The SMILES string of the molecule is CCOc1cccnc1S(=O)(=O)N1CCC(Oc2cc(C)ccc2C)CC1. The molecule has 1 aromatic carbocycles.